The average Bonchev–Trinajstić information content (AvgIpc) is 2.88. The van der Waals surface area contributed by atoms with Gasteiger partial charge in [0.1, 0.15) is 11.6 Å². The fourth-order valence-corrected chi connectivity index (χ4v) is 4.19. The summed E-state index contributed by atoms with van der Waals surface area (Å²) in [6, 6.07) is 14.4. The van der Waals surface area contributed by atoms with E-state index in [1.807, 2.05) is 30.0 Å². The number of carbonyl (C=O) groups excluding carboxylic acids is 1. The highest BCUT2D eigenvalue weighted by atomic mass is 19.1. The zero-order chi connectivity index (χ0) is 24.8. The molecule has 0 spiro atoms. The number of methoxy groups -OCH3 is 1. The van der Waals surface area contributed by atoms with Crippen molar-refractivity contribution in [1.82, 2.24) is 15.1 Å². The highest BCUT2D eigenvalue weighted by Gasteiger charge is 2.27. The molecule has 1 aliphatic rings. The van der Waals surface area contributed by atoms with Gasteiger partial charge in [0, 0.05) is 25.7 Å². The molecule has 0 bridgehead atoms. The molecule has 1 atom stereocenters. The molecule has 2 heterocycles. The molecular formula is C26H29FN4O4. The Labute approximate surface area is 203 Å². The molecule has 0 radical (unpaired) electrons. The van der Waals surface area contributed by atoms with Crippen LogP contribution in [0.15, 0.2) is 59.4 Å². The van der Waals surface area contributed by atoms with Crippen LogP contribution in [0.3, 0.4) is 0 Å². The molecular weight excluding hydrogens is 451 g/mol. The standard InChI is InChI=1S/C26H29FN4O4/c1-3-35-22-10-9-18(14-23(22)34-2)16-28-26(33)19-6-5-13-30(17-19)24-11-12-25(32)31(29-24)21-8-4-7-20(27)15-21/h4,7-12,14-15,19H,3,5-6,13,16-17H2,1-2H3,(H,28,33)/t19-/m1/s1. The van der Waals surface area contributed by atoms with Crippen LogP contribution in [0.2, 0.25) is 0 Å². The number of nitrogens with one attached hydrogen (secondary N) is 1. The number of benzene rings is 2. The topological polar surface area (TPSA) is 85.7 Å². The van der Waals surface area contributed by atoms with E-state index in [0.29, 0.717) is 49.2 Å². The van der Waals surface area contributed by atoms with Gasteiger partial charge in [-0.15, -0.1) is 5.10 Å². The van der Waals surface area contributed by atoms with Gasteiger partial charge < -0.3 is 19.7 Å². The van der Waals surface area contributed by atoms with E-state index in [4.69, 9.17) is 9.47 Å². The first kappa shape index (κ1) is 24.3. The fourth-order valence-electron chi connectivity index (χ4n) is 4.19. The first-order chi connectivity index (χ1) is 17.0. The van der Waals surface area contributed by atoms with Crippen molar-refractivity contribution in [2.75, 3.05) is 31.7 Å². The number of rotatable bonds is 8. The van der Waals surface area contributed by atoms with Gasteiger partial charge in [-0.1, -0.05) is 12.1 Å². The molecule has 8 nitrogen and oxygen atoms in total. The van der Waals surface area contributed by atoms with E-state index >= 15 is 0 Å². The van der Waals surface area contributed by atoms with Crippen LogP contribution in [-0.2, 0) is 11.3 Å². The molecule has 1 aromatic heterocycles. The van der Waals surface area contributed by atoms with E-state index < -0.39 is 5.82 Å². The Hall–Kier alpha value is -3.88. The number of amides is 1. The summed E-state index contributed by atoms with van der Waals surface area (Å²) in [6.45, 7) is 4.02. The van der Waals surface area contributed by atoms with Gasteiger partial charge in [0.15, 0.2) is 11.5 Å². The zero-order valence-electron chi connectivity index (χ0n) is 19.9. The van der Waals surface area contributed by atoms with E-state index in [1.54, 1.807) is 19.2 Å². The maximum atomic E-state index is 13.7. The third-order valence-electron chi connectivity index (χ3n) is 5.95. The number of nitrogens with zero attached hydrogens (tertiary/aromatic N) is 3. The first-order valence-electron chi connectivity index (χ1n) is 11.7. The van der Waals surface area contributed by atoms with Gasteiger partial charge in [0.2, 0.25) is 5.91 Å². The van der Waals surface area contributed by atoms with Gasteiger partial charge in [0.05, 0.1) is 25.3 Å². The summed E-state index contributed by atoms with van der Waals surface area (Å²) >= 11 is 0. The lowest BCUT2D eigenvalue weighted by atomic mass is 9.97. The minimum absolute atomic E-state index is 0.0407. The smallest absolute Gasteiger partial charge is 0.271 e. The van der Waals surface area contributed by atoms with Crippen LogP contribution in [0.1, 0.15) is 25.3 Å². The fraction of sp³-hybridized carbons (Fsp3) is 0.346. The number of anilines is 1. The Balaban J connectivity index is 1.42. The minimum Gasteiger partial charge on any atom is -0.493 e. The number of halogens is 1. The van der Waals surface area contributed by atoms with Gasteiger partial charge in [0.25, 0.3) is 5.56 Å². The number of ether oxygens (including phenoxy) is 2. The third kappa shape index (κ3) is 5.79. The number of hydrogen-bond acceptors (Lipinski definition) is 6. The molecule has 2 aromatic carbocycles. The Morgan fingerprint density at radius 1 is 1.17 bits per heavy atom. The summed E-state index contributed by atoms with van der Waals surface area (Å²) in [5.74, 6) is 1.16. The lowest BCUT2D eigenvalue weighted by Crippen LogP contribution is -2.43. The van der Waals surface area contributed by atoms with Crippen molar-refractivity contribution < 1.29 is 18.7 Å². The maximum absolute atomic E-state index is 13.7. The molecule has 35 heavy (non-hydrogen) atoms. The van der Waals surface area contributed by atoms with E-state index in [0.717, 1.165) is 18.4 Å². The summed E-state index contributed by atoms with van der Waals surface area (Å²) in [6.07, 6.45) is 1.58. The van der Waals surface area contributed by atoms with E-state index in [9.17, 15) is 14.0 Å². The molecule has 0 aliphatic carbocycles. The molecule has 1 aliphatic heterocycles. The molecule has 9 heteroatoms. The predicted molar refractivity (Wildman–Crippen MR) is 131 cm³/mol. The molecule has 1 N–H and O–H groups in total. The monoisotopic (exact) mass is 480 g/mol. The Morgan fingerprint density at radius 3 is 2.80 bits per heavy atom. The lowest BCUT2D eigenvalue weighted by Gasteiger charge is -2.33. The van der Waals surface area contributed by atoms with Gasteiger partial charge in [-0.05, 0) is 61.7 Å². The Morgan fingerprint density at radius 2 is 2.03 bits per heavy atom. The van der Waals surface area contributed by atoms with Crippen LogP contribution < -0.4 is 25.2 Å². The van der Waals surface area contributed by atoms with Crippen molar-refractivity contribution in [3.63, 3.8) is 0 Å². The van der Waals surface area contributed by atoms with Gasteiger partial charge in [-0.25, -0.2) is 4.39 Å². The Bertz CT molecular complexity index is 1250. The van der Waals surface area contributed by atoms with Gasteiger partial charge >= 0.3 is 0 Å². The van der Waals surface area contributed by atoms with E-state index in [2.05, 4.69) is 10.4 Å². The summed E-state index contributed by atoms with van der Waals surface area (Å²) in [5, 5.41) is 7.46. The van der Waals surface area contributed by atoms with Crippen molar-refractivity contribution in [2.45, 2.75) is 26.3 Å². The SMILES string of the molecule is CCOc1ccc(CNC(=O)[C@@H]2CCCN(c3ccc(=O)n(-c4cccc(F)c4)n3)C2)cc1OC. The van der Waals surface area contributed by atoms with Gasteiger partial charge in [-0.3, -0.25) is 9.59 Å². The second-order valence-corrected chi connectivity index (χ2v) is 8.34. The highest BCUT2D eigenvalue weighted by molar-refractivity contribution is 5.79. The van der Waals surface area contributed by atoms with Crippen LogP contribution in [0, 0.1) is 11.7 Å². The first-order valence-corrected chi connectivity index (χ1v) is 11.7. The summed E-state index contributed by atoms with van der Waals surface area (Å²) < 4.78 is 25.8. The van der Waals surface area contributed by atoms with Crippen molar-refractivity contribution in [3.05, 3.63) is 76.3 Å². The van der Waals surface area contributed by atoms with Crippen LogP contribution in [-0.4, -0.2) is 42.5 Å². The van der Waals surface area contributed by atoms with Crippen molar-refractivity contribution in [2.24, 2.45) is 5.92 Å². The second-order valence-electron chi connectivity index (χ2n) is 8.34. The molecule has 4 rings (SSSR count). The van der Waals surface area contributed by atoms with Crippen LogP contribution in [0.4, 0.5) is 10.2 Å². The number of hydrogen-bond donors (Lipinski definition) is 1. The van der Waals surface area contributed by atoms with Crippen molar-refractivity contribution in [1.29, 1.82) is 0 Å². The van der Waals surface area contributed by atoms with Crippen LogP contribution in [0.5, 0.6) is 11.5 Å². The van der Waals surface area contributed by atoms with E-state index in [-0.39, 0.29) is 17.4 Å². The largest absolute Gasteiger partial charge is 0.493 e. The summed E-state index contributed by atoms with van der Waals surface area (Å²) in [4.78, 5) is 27.3. The quantitative estimate of drug-likeness (QED) is 0.533. The zero-order valence-corrected chi connectivity index (χ0v) is 19.9. The highest BCUT2D eigenvalue weighted by Crippen LogP contribution is 2.28. The minimum atomic E-state index is -0.443. The molecule has 1 saturated heterocycles. The second kappa shape index (κ2) is 11.0. The number of carbonyl (C=O) groups is 1. The van der Waals surface area contributed by atoms with E-state index in [1.165, 1.54) is 28.9 Å². The van der Waals surface area contributed by atoms with Crippen LogP contribution in [0.25, 0.3) is 5.69 Å². The molecule has 184 valence electrons. The molecule has 1 amide bonds. The average molecular weight is 481 g/mol. The third-order valence-corrected chi connectivity index (χ3v) is 5.95. The lowest BCUT2D eigenvalue weighted by molar-refractivity contribution is -0.125. The van der Waals surface area contributed by atoms with Crippen LogP contribution >= 0.6 is 0 Å². The Kier molecular flexibility index (Phi) is 7.64. The number of aromatic nitrogens is 2. The summed E-state index contributed by atoms with van der Waals surface area (Å²) in [5.41, 5.74) is 0.917. The van der Waals surface area contributed by atoms with Crippen molar-refractivity contribution >= 4 is 11.7 Å². The summed E-state index contributed by atoms with van der Waals surface area (Å²) in [7, 11) is 1.59. The predicted octanol–water partition coefficient (Wildman–Crippen LogP) is 3.31. The number of piperidine rings is 1. The maximum Gasteiger partial charge on any atom is 0.271 e. The van der Waals surface area contributed by atoms with Gasteiger partial charge in [-0.2, -0.15) is 4.68 Å². The molecule has 1 fully saturated rings. The molecule has 3 aromatic rings. The molecule has 0 unspecified atom stereocenters. The van der Waals surface area contributed by atoms with Crippen molar-refractivity contribution in [3.8, 4) is 17.2 Å². The normalized spacial score (nSPS) is 15.5. The molecule has 0 saturated carbocycles.